The van der Waals surface area contributed by atoms with Gasteiger partial charge < -0.3 is 9.80 Å². The third-order valence-electron chi connectivity index (χ3n) is 14.1. The summed E-state index contributed by atoms with van der Waals surface area (Å²) in [6, 6.07) is 77.2. The van der Waals surface area contributed by atoms with E-state index in [4.69, 9.17) is 0 Å². The Hall–Kier alpha value is -8.53. The Balaban J connectivity index is 1.25. The van der Waals surface area contributed by atoms with Crippen LogP contribution in [-0.4, -0.2) is 5.78 Å². The van der Waals surface area contributed by atoms with Gasteiger partial charge >= 0.3 is 0 Å². The van der Waals surface area contributed by atoms with E-state index in [2.05, 4.69) is 250 Å². The van der Waals surface area contributed by atoms with Gasteiger partial charge in [-0.2, -0.15) is 0 Å². The molecule has 0 atom stereocenters. The molecular formula is C66H50N2O. The van der Waals surface area contributed by atoms with Crippen molar-refractivity contribution in [3.05, 3.63) is 240 Å². The molecule has 11 aromatic carbocycles. The van der Waals surface area contributed by atoms with Crippen molar-refractivity contribution < 1.29 is 4.79 Å². The largest absolute Gasteiger partial charge is 0.310 e. The quantitative estimate of drug-likeness (QED) is 0.0820. The predicted octanol–water partition coefficient (Wildman–Crippen LogP) is 18.5. The van der Waals surface area contributed by atoms with Crippen LogP contribution in [0.1, 0.15) is 39.5 Å². The first-order valence-electron chi connectivity index (χ1n) is 23.9. The summed E-state index contributed by atoms with van der Waals surface area (Å²) >= 11 is 0. The van der Waals surface area contributed by atoms with Crippen molar-refractivity contribution in [2.45, 2.75) is 34.6 Å². The Kier molecular flexibility index (Phi) is 10.1. The summed E-state index contributed by atoms with van der Waals surface area (Å²) in [6.45, 7) is 10.3. The van der Waals surface area contributed by atoms with Crippen LogP contribution < -0.4 is 9.80 Å². The molecule has 0 fully saturated rings. The number of hydrogen-bond donors (Lipinski definition) is 0. The summed E-state index contributed by atoms with van der Waals surface area (Å²) in [7, 11) is 0. The molecule has 0 amide bonds. The molecule has 0 aliphatic heterocycles. The third-order valence-corrected chi connectivity index (χ3v) is 14.1. The number of carbonyl (C=O) groups is 1. The molecular weight excluding hydrogens is 837 g/mol. The lowest BCUT2D eigenvalue weighted by Gasteiger charge is -2.29. The predicted molar refractivity (Wildman–Crippen MR) is 293 cm³/mol. The molecule has 3 nitrogen and oxygen atoms in total. The fourth-order valence-electron chi connectivity index (χ4n) is 10.7. The minimum Gasteiger partial charge on any atom is -0.310 e. The second-order valence-corrected chi connectivity index (χ2v) is 18.8. The van der Waals surface area contributed by atoms with Crippen LogP contribution >= 0.6 is 0 Å². The maximum atomic E-state index is 14.7. The molecule has 0 aromatic heterocycles. The molecule has 12 rings (SSSR count). The van der Waals surface area contributed by atoms with Crippen molar-refractivity contribution >= 4 is 72.2 Å². The average Bonchev–Trinajstić information content (AvgIpc) is 3.71. The Morgan fingerprint density at radius 3 is 1.36 bits per heavy atom. The highest BCUT2D eigenvalue weighted by Gasteiger charge is 2.33. The van der Waals surface area contributed by atoms with Crippen LogP contribution in [-0.2, 0) is 0 Å². The normalized spacial score (nSPS) is 11.6. The molecule has 0 spiro atoms. The lowest BCUT2D eigenvalue weighted by atomic mass is 9.85. The van der Waals surface area contributed by atoms with Gasteiger partial charge in [0.1, 0.15) is 0 Å². The molecule has 0 saturated heterocycles. The first-order valence-corrected chi connectivity index (χ1v) is 23.9. The van der Waals surface area contributed by atoms with Crippen molar-refractivity contribution in [1.29, 1.82) is 0 Å². The maximum Gasteiger partial charge on any atom is 0.160 e. The van der Waals surface area contributed by atoms with Crippen LogP contribution in [0.3, 0.4) is 0 Å². The van der Waals surface area contributed by atoms with Gasteiger partial charge in [-0.25, -0.2) is 0 Å². The summed E-state index contributed by atoms with van der Waals surface area (Å²) < 4.78 is 0. The number of nitrogens with zero attached hydrogens (tertiary/aromatic N) is 2. The van der Waals surface area contributed by atoms with Crippen LogP contribution in [0, 0.1) is 27.7 Å². The minimum atomic E-state index is 0.0243. The monoisotopic (exact) mass is 886 g/mol. The van der Waals surface area contributed by atoms with E-state index in [0.29, 0.717) is 5.56 Å². The second kappa shape index (κ2) is 16.7. The highest BCUT2D eigenvalue weighted by atomic mass is 16.1. The number of aryl methyl sites for hydroxylation is 4. The second-order valence-electron chi connectivity index (χ2n) is 18.8. The molecule has 0 heterocycles. The number of hydrogen-bond acceptors (Lipinski definition) is 3. The molecule has 0 radical (unpaired) electrons. The number of ketones is 1. The van der Waals surface area contributed by atoms with E-state index in [1.165, 1.54) is 27.6 Å². The van der Waals surface area contributed by atoms with Crippen molar-refractivity contribution in [3.63, 3.8) is 0 Å². The molecule has 1 aliphatic rings. The lowest BCUT2D eigenvalue weighted by Crippen LogP contribution is -2.12. The van der Waals surface area contributed by atoms with Crippen LogP contribution in [0.2, 0.25) is 0 Å². The van der Waals surface area contributed by atoms with Crippen LogP contribution in [0.5, 0.6) is 0 Å². The van der Waals surface area contributed by atoms with E-state index in [9.17, 15) is 4.79 Å². The van der Waals surface area contributed by atoms with Gasteiger partial charge in [-0.1, -0.05) is 162 Å². The maximum absolute atomic E-state index is 14.7. The van der Waals surface area contributed by atoms with Gasteiger partial charge in [-0.05, 0) is 168 Å². The van der Waals surface area contributed by atoms with Crippen molar-refractivity contribution in [1.82, 2.24) is 0 Å². The number of rotatable bonds is 9. The third kappa shape index (κ3) is 7.09. The number of Topliss-reactive ketones (excluding diaryl/α,β-unsaturated/α-hetero) is 1. The topological polar surface area (TPSA) is 23.6 Å². The molecule has 11 aromatic rings. The summed E-state index contributed by atoms with van der Waals surface area (Å²) in [4.78, 5) is 19.4. The molecule has 0 unspecified atom stereocenters. The van der Waals surface area contributed by atoms with Gasteiger partial charge in [-0.3, -0.25) is 4.79 Å². The van der Waals surface area contributed by atoms with Crippen molar-refractivity contribution in [3.8, 4) is 44.5 Å². The zero-order valence-electron chi connectivity index (χ0n) is 39.5. The van der Waals surface area contributed by atoms with Gasteiger partial charge in [0, 0.05) is 50.3 Å². The molecule has 0 bridgehead atoms. The van der Waals surface area contributed by atoms with E-state index < -0.39 is 0 Å². The Morgan fingerprint density at radius 1 is 0.348 bits per heavy atom. The molecule has 0 saturated carbocycles. The number of carbonyl (C=O) groups excluding carboxylic acids is 1. The van der Waals surface area contributed by atoms with Crippen LogP contribution in [0.25, 0.3) is 76.8 Å². The summed E-state index contributed by atoms with van der Waals surface area (Å²) in [5.41, 5.74) is 20.6. The Morgan fingerprint density at radius 2 is 0.841 bits per heavy atom. The highest BCUT2D eigenvalue weighted by molar-refractivity contribution is 6.35. The first kappa shape index (κ1) is 41.9. The number of fused-ring (bicyclic) bond motifs is 7. The Bertz CT molecular complexity index is 3710. The van der Waals surface area contributed by atoms with E-state index in [0.717, 1.165) is 106 Å². The fraction of sp³-hybridized carbons (Fsp3) is 0.0758. The summed E-state index contributed by atoms with van der Waals surface area (Å²) in [6.07, 6.45) is 0. The first-order chi connectivity index (χ1) is 33.7. The van der Waals surface area contributed by atoms with Gasteiger partial charge in [-0.15, -0.1) is 0 Å². The molecule has 0 N–H and O–H groups in total. The standard InChI is InChI=1S/C66H50N2O/c1-41-19-27-49(28-20-41)67(50-29-21-42(2)22-30-50)53-39-58(45(5)69)65-60(40-53)56-36-35-54(46-13-8-6-9-14-46)59-37-48-38-61(68(51-31-23-43(3)24-32-51)52-33-25-44(4)26-34-52)57-18-12-17-55(47-15-10-7-11-16-47)63(57)62(48)66(65)64(56)59/h6-40H,1-5H3. The van der Waals surface area contributed by atoms with Crippen LogP contribution in [0.15, 0.2) is 212 Å². The van der Waals surface area contributed by atoms with Gasteiger partial charge in [0.05, 0.1) is 5.69 Å². The zero-order valence-corrected chi connectivity index (χ0v) is 39.5. The number of anilines is 6. The molecule has 3 heteroatoms. The Labute approximate surface area is 404 Å². The van der Waals surface area contributed by atoms with Crippen molar-refractivity contribution in [2.24, 2.45) is 0 Å². The van der Waals surface area contributed by atoms with E-state index >= 15 is 0 Å². The van der Waals surface area contributed by atoms with Gasteiger partial charge in [0.2, 0.25) is 0 Å². The zero-order chi connectivity index (χ0) is 46.9. The van der Waals surface area contributed by atoms with Crippen LogP contribution in [0.4, 0.5) is 34.1 Å². The SMILES string of the molecule is CC(=O)c1cc(N(c2ccc(C)cc2)c2ccc(C)cc2)cc2c1-c1c3c-2ccc(-c2ccccc2)c3cc2cc(N(c3ccc(C)cc3)c3ccc(C)cc3)c3cccc(-c4ccccc4)c3c12. The van der Waals surface area contributed by atoms with Crippen molar-refractivity contribution in [2.75, 3.05) is 9.80 Å². The lowest BCUT2D eigenvalue weighted by molar-refractivity contribution is 0.101. The fourth-order valence-corrected chi connectivity index (χ4v) is 10.7. The molecule has 69 heavy (non-hydrogen) atoms. The van der Waals surface area contributed by atoms with E-state index in [-0.39, 0.29) is 5.78 Å². The van der Waals surface area contributed by atoms with Gasteiger partial charge in [0.15, 0.2) is 5.78 Å². The summed E-state index contributed by atoms with van der Waals surface area (Å²) in [5, 5.41) is 6.85. The molecule has 1 aliphatic carbocycles. The minimum absolute atomic E-state index is 0.0243. The van der Waals surface area contributed by atoms with E-state index in [1.807, 2.05) is 0 Å². The summed E-state index contributed by atoms with van der Waals surface area (Å²) in [5.74, 6) is 0.0243. The average molecular weight is 887 g/mol. The number of benzene rings is 11. The molecule has 330 valence electrons. The van der Waals surface area contributed by atoms with E-state index in [1.54, 1.807) is 6.92 Å². The highest BCUT2D eigenvalue weighted by Crippen LogP contribution is 2.58. The van der Waals surface area contributed by atoms with Gasteiger partial charge in [0.25, 0.3) is 0 Å². The smallest absolute Gasteiger partial charge is 0.160 e.